The molecule has 2 aromatic heterocycles. The molecular formula is C19H19N5O. The van der Waals surface area contributed by atoms with Crippen molar-refractivity contribution >= 4 is 27.8 Å². The van der Waals surface area contributed by atoms with Gasteiger partial charge in [0.05, 0.1) is 29.3 Å². The Bertz CT molecular complexity index is 1000. The van der Waals surface area contributed by atoms with Crippen molar-refractivity contribution in [3.05, 3.63) is 36.3 Å². The summed E-state index contributed by atoms with van der Waals surface area (Å²) in [7, 11) is 0. The van der Waals surface area contributed by atoms with Crippen molar-refractivity contribution in [2.24, 2.45) is 0 Å². The zero-order valence-electron chi connectivity index (χ0n) is 14.1. The fraction of sp³-hybridized carbons (Fsp3) is 0.368. The van der Waals surface area contributed by atoms with Crippen LogP contribution in [0.1, 0.15) is 31.1 Å². The van der Waals surface area contributed by atoms with Gasteiger partial charge in [0.2, 0.25) is 5.91 Å². The minimum absolute atomic E-state index is 0.0524. The van der Waals surface area contributed by atoms with Gasteiger partial charge in [0.1, 0.15) is 17.8 Å². The summed E-state index contributed by atoms with van der Waals surface area (Å²) < 4.78 is 2.26. The highest BCUT2D eigenvalue weighted by Gasteiger charge is 2.27. The lowest BCUT2D eigenvalue weighted by molar-refractivity contribution is -0.131. The Morgan fingerprint density at radius 1 is 1.36 bits per heavy atom. The minimum Gasteiger partial charge on any atom is -0.340 e. The van der Waals surface area contributed by atoms with E-state index in [1.165, 1.54) is 0 Å². The second kappa shape index (κ2) is 6.17. The number of amides is 1. The summed E-state index contributed by atoms with van der Waals surface area (Å²) in [6.07, 6.45) is 3.70. The van der Waals surface area contributed by atoms with Crippen molar-refractivity contribution in [3.63, 3.8) is 0 Å². The summed E-state index contributed by atoms with van der Waals surface area (Å²) in [6.45, 7) is 3.36. The molecule has 1 saturated heterocycles. The molecule has 0 radical (unpaired) electrons. The van der Waals surface area contributed by atoms with Gasteiger partial charge < -0.3 is 9.47 Å². The number of carbonyl (C=O) groups excluding carboxylic acids is 1. The first kappa shape index (κ1) is 15.6. The first-order valence-corrected chi connectivity index (χ1v) is 8.56. The zero-order chi connectivity index (χ0) is 17.4. The monoisotopic (exact) mass is 333 g/mol. The Kier molecular flexibility index (Phi) is 3.85. The van der Waals surface area contributed by atoms with Crippen LogP contribution in [0.2, 0.25) is 0 Å². The number of hydrogen-bond acceptors (Lipinski definition) is 4. The highest BCUT2D eigenvalue weighted by molar-refractivity contribution is 6.02. The fourth-order valence-corrected chi connectivity index (χ4v) is 3.86. The number of para-hydroxylation sites is 1. The van der Waals surface area contributed by atoms with Gasteiger partial charge in [-0.2, -0.15) is 5.26 Å². The van der Waals surface area contributed by atoms with Crippen LogP contribution in [0.4, 0.5) is 0 Å². The zero-order valence-corrected chi connectivity index (χ0v) is 14.1. The molecule has 1 atom stereocenters. The van der Waals surface area contributed by atoms with Crippen LogP contribution in [0.25, 0.3) is 21.9 Å². The first-order chi connectivity index (χ1) is 12.2. The Balaban J connectivity index is 1.81. The third-order valence-electron chi connectivity index (χ3n) is 4.94. The Labute approximate surface area is 145 Å². The van der Waals surface area contributed by atoms with Crippen LogP contribution in [0.3, 0.4) is 0 Å². The summed E-state index contributed by atoms with van der Waals surface area (Å²) >= 11 is 0. The lowest BCUT2D eigenvalue weighted by atomic mass is 10.0. The van der Waals surface area contributed by atoms with Gasteiger partial charge in [0, 0.05) is 18.5 Å². The van der Waals surface area contributed by atoms with Crippen molar-refractivity contribution in [2.75, 3.05) is 13.1 Å². The van der Waals surface area contributed by atoms with Crippen LogP contribution in [-0.4, -0.2) is 38.4 Å². The van der Waals surface area contributed by atoms with E-state index < -0.39 is 0 Å². The Morgan fingerprint density at radius 3 is 3.04 bits per heavy atom. The maximum Gasteiger partial charge on any atom is 0.236 e. The standard InChI is InChI=1S/C19H19N5O/c1-13-22-17-11-21-16-7-3-2-6-15(16)19(17)24(13)14-5-4-10-23(12-14)18(25)8-9-20/h2-3,6-7,11,14H,4-5,8,10,12H2,1H3. The van der Waals surface area contributed by atoms with Gasteiger partial charge in [0.25, 0.3) is 0 Å². The summed E-state index contributed by atoms with van der Waals surface area (Å²) in [5, 5.41) is 9.89. The number of benzene rings is 1. The minimum atomic E-state index is -0.0826. The van der Waals surface area contributed by atoms with Gasteiger partial charge in [-0.15, -0.1) is 0 Å². The second-order valence-corrected chi connectivity index (χ2v) is 6.51. The highest BCUT2D eigenvalue weighted by atomic mass is 16.2. The number of fused-ring (bicyclic) bond motifs is 3. The smallest absolute Gasteiger partial charge is 0.236 e. The van der Waals surface area contributed by atoms with Crippen LogP contribution < -0.4 is 0 Å². The normalized spacial score (nSPS) is 17.8. The van der Waals surface area contributed by atoms with E-state index in [1.54, 1.807) is 0 Å². The number of hydrogen-bond donors (Lipinski definition) is 0. The molecule has 1 fully saturated rings. The number of nitriles is 1. The first-order valence-electron chi connectivity index (χ1n) is 8.56. The lowest BCUT2D eigenvalue weighted by Gasteiger charge is -2.34. The number of piperidine rings is 1. The van der Waals surface area contributed by atoms with Crippen LogP contribution in [0.15, 0.2) is 30.5 Å². The van der Waals surface area contributed by atoms with E-state index in [1.807, 2.05) is 42.3 Å². The number of aromatic nitrogens is 3. The summed E-state index contributed by atoms with van der Waals surface area (Å²) in [6, 6.07) is 10.2. The molecule has 25 heavy (non-hydrogen) atoms. The molecular weight excluding hydrogens is 314 g/mol. The SMILES string of the molecule is Cc1nc2cnc3ccccc3c2n1C1CCCN(C(=O)CC#N)C1. The summed E-state index contributed by atoms with van der Waals surface area (Å²) in [4.78, 5) is 23.1. The lowest BCUT2D eigenvalue weighted by Crippen LogP contribution is -2.40. The van der Waals surface area contributed by atoms with Crippen molar-refractivity contribution in [3.8, 4) is 6.07 Å². The second-order valence-electron chi connectivity index (χ2n) is 6.51. The molecule has 0 saturated carbocycles. The van der Waals surface area contributed by atoms with E-state index in [2.05, 4.69) is 20.6 Å². The predicted octanol–water partition coefficient (Wildman–Crippen LogP) is 2.97. The molecule has 0 N–H and O–H groups in total. The van der Waals surface area contributed by atoms with E-state index in [0.717, 1.165) is 47.1 Å². The largest absolute Gasteiger partial charge is 0.340 e. The number of pyridine rings is 1. The van der Waals surface area contributed by atoms with Crippen molar-refractivity contribution < 1.29 is 4.79 Å². The molecule has 3 heterocycles. The molecule has 126 valence electrons. The molecule has 1 unspecified atom stereocenters. The van der Waals surface area contributed by atoms with Crippen LogP contribution >= 0.6 is 0 Å². The molecule has 1 amide bonds. The van der Waals surface area contributed by atoms with E-state index >= 15 is 0 Å². The van der Waals surface area contributed by atoms with Crippen LogP contribution in [-0.2, 0) is 4.79 Å². The number of carbonyl (C=O) groups is 1. The van der Waals surface area contributed by atoms with Gasteiger partial charge in [-0.3, -0.25) is 9.78 Å². The fourth-order valence-electron chi connectivity index (χ4n) is 3.86. The maximum absolute atomic E-state index is 12.1. The van der Waals surface area contributed by atoms with Crippen molar-refractivity contribution in [1.29, 1.82) is 5.26 Å². The number of aryl methyl sites for hydroxylation is 1. The number of rotatable bonds is 2. The van der Waals surface area contributed by atoms with Crippen molar-refractivity contribution in [2.45, 2.75) is 32.2 Å². The third kappa shape index (κ3) is 2.62. The quantitative estimate of drug-likeness (QED) is 0.722. The molecule has 1 aliphatic rings. The molecule has 6 nitrogen and oxygen atoms in total. The molecule has 4 rings (SSSR count). The van der Waals surface area contributed by atoms with Crippen LogP contribution in [0.5, 0.6) is 0 Å². The van der Waals surface area contributed by atoms with E-state index in [-0.39, 0.29) is 18.4 Å². The summed E-state index contributed by atoms with van der Waals surface area (Å²) in [5.74, 6) is 0.855. The molecule has 1 aromatic carbocycles. The number of likely N-dealkylation sites (tertiary alicyclic amines) is 1. The van der Waals surface area contributed by atoms with Crippen LogP contribution in [0, 0.1) is 18.3 Å². The van der Waals surface area contributed by atoms with Crippen molar-refractivity contribution in [1.82, 2.24) is 19.4 Å². The Morgan fingerprint density at radius 2 is 2.20 bits per heavy atom. The Hall–Kier alpha value is -2.94. The number of imidazole rings is 1. The van der Waals surface area contributed by atoms with Gasteiger partial charge in [-0.05, 0) is 25.8 Å². The van der Waals surface area contributed by atoms with E-state index in [4.69, 9.17) is 5.26 Å². The topological polar surface area (TPSA) is 74.8 Å². The van der Waals surface area contributed by atoms with E-state index in [9.17, 15) is 4.79 Å². The molecule has 0 spiro atoms. The molecule has 0 aliphatic carbocycles. The average Bonchev–Trinajstić information content (AvgIpc) is 2.98. The molecule has 0 bridgehead atoms. The molecule has 6 heteroatoms. The van der Waals surface area contributed by atoms with Gasteiger partial charge >= 0.3 is 0 Å². The van der Waals surface area contributed by atoms with Gasteiger partial charge in [-0.25, -0.2) is 4.98 Å². The molecule has 1 aliphatic heterocycles. The number of nitrogens with zero attached hydrogens (tertiary/aromatic N) is 5. The summed E-state index contributed by atoms with van der Waals surface area (Å²) in [5.41, 5.74) is 2.92. The van der Waals surface area contributed by atoms with E-state index in [0.29, 0.717) is 6.54 Å². The maximum atomic E-state index is 12.1. The van der Waals surface area contributed by atoms with Gasteiger partial charge in [0.15, 0.2) is 0 Å². The average molecular weight is 333 g/mol. The van der Waals surface area contributed by atoms with Gasteiger partial charge in [-0.1, -0.05) is 18.2 Å². The highest BCUT2D eigenvalue weighted by Crippen LogP contribution is 2.31. The predicted molar refractivity (Wildman–Crippen MR) is 94.9 cm³/mol. The third-order valence-corrected chi connectivity index (χ3v) is 4.94. The molecule has 3 aromatic rings.